The second-order valence-electron chi connectivity index (χ2n) is 4.63. The molecule has 0 fully saturated rings. The van der Waals surface area contributed by atoms with Gasteiger partial charge >= 0.3 is 0 Å². The van der Waals surface area contributed by atoms with Crippen LogP contribution in [0.2, 0.25) is 0 Å². The number of anilines is 1. The number of ether oxygens (including phenoxy) is 1. The minimum absolute atomic E-state index is 0.0876. The van der Waals surface area contributed by atoms with Crippen LogP contribution in [-0.4, -0.2) is 24.7 Å². The third-order valence-corrected chi connectivity index (χ3v) is 3.13. The molecule has 2 aromatic rings. The highest BCUT2D eigenvalue weighted by atomic mass is 16.5. The maximum Gasteiger partial charge on any atom is 0.251 e. The minimum atomic E-state index is -0.242. The van der Waals surface area contributed by atoms with Crippen molar-refractivity contribution in [2.75, 3.05) is 19.4 Å². The maximum atomic E-state index is 11.9. The number of methoxy groups -OCH3 is 1. The smallest absolute Gasteiger partial charge is 0.251 e. The first-order chi connectivity index (χ1) is 10.1. The predicted octanol–water partition coefficient (Wildman–Crippen LogP) is 1.96. The Morgan fingerprint density at radius 2 is 2.10 bits per heavy atom. The van der Waals surface area contributed by atoms with Gasteiger partial charge in [0.1, 0.15) is 11.5 Å². The van der Waals surface area contributed by atoms with Gasteiger partial charge in [0.25, 0.3) is 5.91 Å². The van der Waals surface area contributed by atoms with Gasteiger partial charge in [-0.15, -0.1) is 0 Å². The maximum absolute atomic E-state index is 11.9. The number of aromatic hydroxyl groups is 1. The van der Waals surface area contributed by atoms with Crippen LogP contribution in [0.25, 0.3) is 0 Å². The molecule has 0 heterocycles. The van der Waals surface area contributed by atoms with Crippen LogP contribution in [0.3, 0.4) is 0 Å². The zero-order valence-corrected chi connectivity index (χ0v) is 11.8. The average Bonchev–Trinajstić information content (AvgIpc) is 2.50. The molecule has 0 aromatic heterocycles. The van der Waals surface area contributed by atoms with E-state index in [4.69, 9.17) is 10.5 Å². The lowest BCUT2D eigenvalue weighted by Gasteiger charge is -2.07. The van der Waals surface area contributed by atoms with Crippen LogP contribution in [0.1, 0.15) is 15.9 Å². The van der Waals surface area contributed by atoms with Crippen molar-refractivity contribution < 1.29 is 14.6 Å². The van der Waals surface area contributed by atoms with Crippen molar-refractivity contribution in [1.29, 1.82) is 0 Å². The highest BCUT2D eigenvalue weighted by Gasteiger charge is 2.07. The lowest BCUT2D eigenvalue weighted by molar-refractivity contribution is 0.0954. The minimum Gasteiger partial charge on any atom is -0.506 e. The second-order valence-corrected chi connectivity index (χ2v) is 4.63. The summed E-state index contributed by atoms with van der Waals surface area (Å²) in [6.45, 7) is 0.497. The summed E-state index contributed by atoms with van der Waals surface area (Å²) in [5.74, 6) is 0.464. The molecule has 0 spiro atoms. The summed E-state index contributed by atoms with van der Waals surface area (Å²) in [5.41, 5.74) is 7.21. The van der Waals surface area contributed by atoms with Gasteiger partial charge in [0.2, 0.25) is 0 Å². The van der Waals surface area contributed by atoms with Crippen molar-refractivity contribution in [2.24, 2.45) is 0 Å². The molecule has 0 saturated carbocycles. The van der Waals surface area contributed by atoms with Crippen molar-refractivity contribution in [1.82, 2.24) is 5.32 Å². The van der Waals surface area contributed by atoms with Crippen LogP contribution in [0.15, 0.2) is 42.5 Å². The molecule has 5 heteroatoms. The molecule has 0 saturated heterocycles. The summed E-state index contributed by atoms with van der Waals surface area (Å²) >= 11 is 0. The number of carbonyl (C=O) groups is 1. The summed E-state index contributed by atoms with van der Waals surface area (Å²) < 4.78 is 5.15. The molecule has 0 aliphatic heterocycles. The molecule has 110 valence electrons. The molecule has 5 nitrogen and oxygen atoms in total. The van der Waals surface area contributed by atoms with E-state index in [0.29, 0.717) is 18.5 Å². The molecule has 0 atom stereocenters. The van der Waals surface area contributed by atoms with E-state index in [1.807, 2.05) is 24.3 Å². The van der Waals surface area contributed by atoms with Crippen LogP contribution in [0.5, 0.6) is 11.5 Å². The van der Waals surface area contributed by atoms with E-state index < -0.39 is 0 Å². The van der Waals surface area contributed by atoms with Gasteiger partial charge in [-0.2, -0.15) is 0 Å². The van der Waals surface area contributed by atoms with E-state index in [-0.39, 0.29) is 17.3 Å². The zero-order valence-electron chi connectivity index (χ0n) is 11.8. The van der Waals surface area contributed by atoms with Gasteiger partial charge in [0.15, 0.2) is 0 Å². The number of carbonyl (C=O) groups excluding carboxylic acids is 1. The number of phenols is 1. The monoisotopic (exact) mass is 286 g/mol. The molecule has 4 N–H and O–H groups in total. The number of hydrogen-bond acceptors (Lipinski definition) is 4. The first kappa shape index (κ1) is 14.7. The number of phenolic OH excluding ortho intramolecular Hbond substituents is 1. The number of rotatable bonds is 5. The largest absolute Gasteiger partial charge is 0.506 e. The molecule has 0 bridgehead atoms. The van der Waals surface area contributed by atoms with Gasteiger partial charge in [0.05, 0.1) is 12.8 Å². The summed E-state index contributed by atoms with van der Waals surface area (Å²) in [5, 5.41) is 12.3. The van der Waals surface area contributed by atoms with Gasteiger partial charge in [-0.3, -0.25) is 4.79 Å². The van der Waals surface area contributed by atoms with E-state index in [9.17, 15) is 9.90 Å². The standard InChI is InChI=1S/C16H18N2O3/c1-21-13-4-2-3-11(9-13)7-8-18-16(20)12-5-6-14(17)15(19)10-12/h2-6,9-10,19H,7-8,17H2,1H3,(H,18,20). The van der Waals surface area contributed by atoms with Gasteiger partial charge in [-0.25, -0.2) is 0 Å². The quantitative estimate of drug-likeness (QED) is 0.579. The SMILES string of the molecule is COc1cccc(CCNC(=O)c2ccc(N)c(O)c2)c1. The van der Waals surface area contributed by atoms with Gasteiger partial charge in [-0.05, 0) is 42.3 Å². The Morgan fingerprint density at radius 1 is 1.29 bits per heavy atom. The van der Waals surface area contributed by atoms with E-state index in [1.165, 1.54) is 12.1 Å². The van der Waals surface area contributed by atoms with Gasteiger partial charge in [0, 0.05) is 12.1 Å². The molecule has 21 heavy (non-hydrogen) atoms. The van der Waals surface area contributed by atoms with Crippen molar-refractivity contribution in [3.8, 4) is 11.5 Å². The molecule has 0 unspecified atom stereocenters. The van der Waals surface area contributed by atoms with Crippen LogP contribution in [0.4, 0.5) is 5.69 Å². The number of nitrogen functional groups attached to an aromatic ring is 1. The van der Waals surface area contributed by atoms with Crippen LogP contribution in [-0.2, 0) is 6.42 Å². The van der Waals surface area contributed by atoms with Gasteiger partial charge < -0.3 is 20.9 Å². The van der Waals surface area contributed by atoms with Crippen molar-refractivity contribution in [2.45, 2.75) is 6.42 Å². The van der Waals surface area contributed by atoms with E-state index in [0.717, 1.165) is 11.3 Å². The second kappa shape index (κ2) is 6.65. The van der Waals surface area contributed by atoms with Gasteiger partial charge in [-0.1, -0.05) is 12.1 Å². The fourth-order valence-electron chi connectivity index (χ4n) is 1.94. The lowest BCUT2D eigenvalue weighted by atomic mass is 10.1. The third-order valence-electron chi connectivity index (χ3n) is 3.13. The van der Waals surface area contributed by atoms with Crippen molar-refractivity contribution in [3.05, 3.63) is 53.6 Å². The third kappa shape index (κ3) is 3.89. The molecule has 2 aromatic carbocycles. The Labute approximate surface area is 123 Å². The van der Waals surface area contributed by atoms with Crippen molar-refractivity contribution >= 4 is 11.6 Å². The number of nitrogens with two attached hydrogens (primary N) is 1. The molecule has 0 radical (unpaired) electrons. The Bertz CT molecular complexity index is 641. The van der Waals surface area contributed by atoms with Crippen molar-refractivity contribution in [3.63, 3.8) is 0 Å². The average molecular weight is 286 g/mol. The normalized spacial score (nSPS) is 10.1. The summed E-state index contributed by atoms with van der Waals surface area (Å²) in [7, 11) is 1.62. The Morgan fingerprint density at radius 3 is 2.81 bits per heavy atom. The fraction of sp³-hybridized carbons (Fsp3) is 0.188. The number of amides is 1. The van der Waals surface area contributed by atoms with E-state index in [1.54, 1.807) is 13.2 Å². The molecule has 1 amide bonds. The first-order valence-corrected chi connectivity index (χ1v) is 6.60. The van der Waals surface area contributed by atoms with E-state index >= 15 is 0 Å². The highest BCUT2D eigenvalue weighted by Crippen LogP contribution is 2.20. The van der Waals surface area contributed by atoms with Crippen LogP contribution >= 0.6 is 0 Å². The zero-order chi connectivity index (χ0) is 15.2. The number of nitrogens with one attached hydrogen (secondary N) is 1. The lowest BCUT2D eigenvalue weighted by Crippen LogP contribution is -2.25. The number of hydrogen-bond donors (Lipinski definition) is 3. The molecule has 2 rings (SSSR count). The molecular weight excluding hydrogens is 268 g/mol. The number of benzene rings is 2. The molecule has 0 aliphatic rings. The summed E-state index contributed by atoms with van der Waals surface area (Å²) in [4.78, 5) is 11.9. The predicted molar refractivity (Wildman–Crippen MR) is 81.6 cm³/mol. The summed E-state index contributed by atoms with van der Waals surface area (Å²) in [6.07, 6.45) is 0.698. The van der Waals surface area contributed by atoms with Crippen LogP contribution < -0.4 is 15.8 Å². The molecular formula is C16H18N2O3. The van der Waals surface area contributed by atoms with E-state index in [2.05, 4.69) is 5.32 Å². The Balaban J connectivity index is 1.90. The summed E-state index contributed by atoms with van der Waals surface area (Å²) in [6, 6.07) is 12.1. The first-order valence-electron chi connectivity index (χ1n) is 6.60. The van der Waals surface area contributed by atoms with Crippen LogP contribution in [0, 0.1) is 0 Å². The highest BCUT2D eigenvalue weighted by molar-refractivity contribution is 5.95. The topological polar surface area (TPSA) is 84.6 Å². The Hall–Kier alpha value is -2.69. The fourth-order valence-corrected chi connectivity index (χ4v) is 1.94. The molecule has 0 aliphatic carbocycles. The Kier molecular flexibility index (Phi) is 4.66.